The maximum atomic E-state index is 12.4. The molecular weight excluding hydrogens is 236 g/mol. The summed E-state index contributed by atoms with van der Waals surface area (Å²) >= 11 is 0. The highest BCUT2D eigenvalue weighted by molar-refractivity contribution is 6.07. The highest BCUT2D eigenvalue weighted by Crippen LogP contribution is 2.26. The van der Waals surface area contributed by atoms with Gasteiger partial charge in [0.05, 0.1) is 0 Å². The summed E-state index contributed by atoms with van der Waals surface area (Å²) in [6, 6.07) is -0.465. The first-order chi connectivity index (χ1) is 8.36. The Morgan fingerprint density at radius 3 is 2.61 bits per heavy atom. The number of carbonyl (C=O) groups excluding carboxylic acids is 2. The number of hydrogen-bond donors (Lipinski definition) is 3. The summed E-state index contributed by atoms with van der Waals surface area (Å²) in [5.41, 5.74) is 4.41. The number of carbonyl (C=O) groups is 2. The van der Waals surface area contributed by atoms with Crippen molar-refractivity contribution in [1.82, 2.24) is 10.2 Å². The Kier molecular flexibility index (Phi) is 4.15. The Bertz CT molecular complexity index is 378. The van der Waals surface area contributed by atoms with Gasteiger partial charge in [-0.15, -0.1) is 0 Å². The number of likely N-dealkylation sites (tertiary alicyclic amines) is 1. The van der Waals surface area contributed by atoms with Crippen molar-refractivity contribution in [2.45, 2.75) is 32.7 Å². The summed E-state index contributed by atoms with van der Waals surface area (Å²) < 4.78 is 0. The smallest absolute Gasteiger partial charge is 0.242 e. The number of nitrogens with zero attached hydrogens (tertiary/aromatic N) is 2. The van der Waals surface area contributed by atoms with Crippen molar-refractivity contribution in [2.24, 2.45) is 16.3 Å². The zero-order valence-corrected chi connectivity index (χ0v) is 10.9. The molecule has 0 saturated carbocycles. The van der Waals surface area contributed by atoms with E-state index in [1.54, 1.807) is 13.8 Å². The summed E-state index contributed by atoms with van der Waals surface area (Å²) in [6.45, 7) is 3.66. The molecule has 0 radical (unpaired) electrons. The van der Waals surface area contributed by atoms with E-state index in [1.165, 1.54) is 11.9 Å². The van der Waals surface area contributed by atoms with Crippen LogP contribution >= 0.6 is 0 Å². The van der Waals surface area contributed by atoms with Crippen LogP contribution in [0.1, 0.15) is 26.7 Å². The lowest BCUT2D eigenvalue weighted by Crippen LogP contribution is -2.52. The van der Waals surface area contributed by atoms with E-state index in [4.69, 9.17) is 10.9 Å². The molecule has 2 amide bonds. The molecule has 0 aliphatic carbocycles. The van der Waals surface area contributed by atoms with Gasteiger partial charge in [-0.1, -0.05) is 5.16 Å². The molecule has 1 atom stereocenters. The zero-order chi connectivity index (χ0) is 13.9. The number of hydrogen-bond acceptors (Lipinski definition) is 4. The molecule has 18 heavy (non-hydrogen) atoms. The standard InChI is InChI=1S/C11H20N4O3/c1-11(2,9(12)14-18)10(17)15-6-4-5-7(15)8(16)13-3/h7,18H,4-6H2,1-3H3,(H2,12,14)(H,13,16). The van der Waals surface area contributed by atoms with Crippen LogP contribution in [0, 0.1) is 5.41 Å². The molecule has 1 saturated heterocycles. The average Bonchev–Trinajstić information content (AvgIpc) is 2.84. The predicted molar refractivity (Wildman–Crippen MR) is 66.0 cm³/mol. The molecule has 7 heteroatoms. The Hall–Kier alpha value is -1.79. The van der Waals surface area contributed by atoms with Crippen molar-refractivity contribution in [1.29, 1.82) is 0 Å². The minimum Gasteiger partial charge on any atom is -0.409 e. The monoisotopic (exact) mass is 256 g/mol. The van der Waals surface area contributed by atoms with Gasteiger partial charge in [-0.25, -0.2) is 0 Å². The lowest BCUT2D eigenvalue weighted by Gasteiger charge is -2.31. The maximum Gasteiger partial charge on any atom is 0.242 e. The van der Waals surface area contributed by atoms with Gasteiger partial charge in [-0.2, -0.15) is 0 Å². The molecule has 7 nitrogen and oxygen atoms in total. The molecule has 0 aromatic carbocycles. The van der Waals surface area contributed by atoms with Gasteiger partial charge in [0.2, 0.25) is 11.8 Å². The molecule has 1 heterocycles. The first kappa shape index (κ1) is 14.3. The Morgan fingerprint density at radius 1 is 1.50 bits per heavy atom. The normalized spacial score (nSPS) is 20.9. The van der Waals surface area contributed by atoms with E-state index in [9.17, 15) is 9.59 Å². The predicted octanol–water partition coefficient (Wildman–Crippen LogP) is -0.504. The van der Waals surface area contributed by atoms with Crippen LogP contribution in [-0.4, -0.2) is 47.4 Å². The molecule has 1 aliphatic rings. The van der Waals surface area contributed by atoms with Gasteiger partial charge >= 0.3 is 0 Å². The van der Waals surface area contributed by atoms with E-state index < -0.39 is 11.5 Å². The van der Waals surface area contributed by atoms with Gasteiger partial charge in [-0.05, 0) is 26.7 Å². The topological polar surface area (TPSA) is 108 Å². The molecule has 0 aromatic heterocycles. The Balaban J connectivity index is 2.93. The van der Waals surface area contributed by atoms with Crippen molar-refractivity contribution in [3.63, 3.8) is 0 Å². The molecule has 102 valence electrons. The molecule has 1 aliphatic heterocycles. The zero-order valence-electron chi connectivity index (χ0n) is 10.9. The largest absolute Gasteiger partial charge is 0.409 e. The number of nitrogens with one attached hydrogen (secondary N) is 1. The van der Waals surface area contributed by atoms with E-state index in [0.29, 0.717) is 13.0 Å². The van der Waals surface area contributed by atoms with Gasteiger partial charge in [0.25, 0.3) is 0 Å². The van der Waals surface area contributed by atoms with Crippen LogP contribution in [-0.2, 0) is 9.59 Å². The van der Waals surface area contributed by atoms with E-state index in [0.717, 1.165) is 6.42 Å². The third kappa shape index (κ3) is 2.39. The van der Waals surface area contributed by atoms with Crippen molar-refractivity contribution in [3.8, 4) is 0 Å². The summed E-state index contributed by atoms with van der Waals surface area (Å²) in [5, 5.41) is 14.1. The van der Waals surface area contributed by atoms with Crippen molar-refractivity contribution >= 4 is 17.6 Å². The SMILES string of the molecule is CNC(=O)C1CCCN1C(=O)C(C)(C)C(N)=NO. The first-order valence-corrected chi connectivity index (χ1v) is 5.87. The minimum atomic E-state index is -1.12. The number of likely N-dealkylation sites (N-methyl/N-ethyl adjacent to an activating group) is 1. The van der Waals surface area contributed by atoms with Crippen LogP contribution in [0.15, 0.2) is 5.16 Å². The van der Waals surface area contributed by atoms with E-state index in [2.05, 4.69) is 10.5 Å². The third-order valence-corrected chi connectivity index (χ3v) is 3.35. The minimum absolute atomic E-state index is 0.157. The molecular formula is C11H20N4O3. The fourth-order valence-electron chi connectivity index (χ4n) is 2.04. The van der Waals surface area contributed by atoms with Crippen molar-refractivity contribution < 1.29 is 14.8 Å². The second-order valence-electron chi connectivity index (χ2n) is 4.88. The average molecular weight is 256 g/mol. The van der Waals surface area contributed by atoms with Crippen LogP contribution in [0.25, 0.3) is 0 Å². The van der Waals surface area contributed by atoms with Crippen molar-refractivity contribution in [2.75, 3.05) is 13.6 Å². The highest BCUT2D eigenvalue weighted by Gasteiger charge is 2.42. The first-order valence-electron chi connectivity index (χ1n) is 5.87. The molecule has 1 rings (SSSR count). The van der Waals surface area contributed by atoms with Gasteiger partial charge in [0.15, 0.2) is 5.84 Å². The molecule has 0 aromatic rings. The molecule has 0 bridgehead atoms. The van der Waals surface area contributed by atoms with Crippen LogP contribution in [0.3, 0.4) is 0 Å². The quantitative estimate of drug-likeness (QED) is 0.274. The van der Waals surface area contributed by atoms with Crippen LogP contribution < -0.4 is 11.1 Å². The number of rotatable bonds is 3. The van der Waals surface area contributed by atoms with Gasteiger partial charge < -0.3 is 21.2 Å². The fraction of sp³-hybridized carbons (Fsp3) is 0.727. The van der Waals surface area contributed by atoms with E-state index in [1.807, 2.05) is 0 Å². The lowest BCUT2D eigenvalue weighted by atomic mass is 9.90. The molecule has 0 spiro atoms. The van der Waals surface area contributed by atoms with E-state index in [-0.39, 0.29) is 17.6 Å². The van der Waals surface area contributed by atoms with Gasteiger partial charge in [0.1, 0.15) is 11.5 Å². The van der Waals surface area contributed by atoms with Crippen LogP contribution in [0.2, 0.25) is 0 Å². The Morgan fingerprint density at radius 2 is 2.11 bits per heavy atom. The van der Waals surface area contributed by atoms with Crippen molar-refractivity contribution in [3.05, 3.63) is 0 Å². The summed E-state index contributed by atoms with van der Waals surface area (Å²) in [5.74, 6) is -0.643. The maximum absolute atomic E-state index is 12.4. The van der Waals surface area contributed by atoms with Crippen LogP contribution in [0.5, 0.6) is 0 Å². The van der Waals surface area contributed by atoms with Gasteiger partial charge in [0, 0.05) is 13.6 Å². The second kappa shape index (κ2) is 5.24. The van der Waals surface area contributed by atoms with E-state index >= 15 is 0 Å². The second-order valence-corrected chi connectivity index (χ2v) is 4.88. The molecule has 4 N–H and O–H groups in total. The third-order valence-electron chi connectivity index (χ3n) is 3.35. The summed E-state index contributed by atoms with van der Waals surface area (Å²) in [7, 11) is 1.54. The number of amides is 2. The Labute approximate surface area is 106 Å². The van der Waals surface area contributed by atoms with Crippen LogP contribution in [0.4, 0.5) is 0 Å². The lowest BCUT2D eigenvalue weighted by molar-refractivity contribution is -0.142. The number of amidine groups is 1. The molecule has 1 fully saturated rings. The number of nitrogens with two attached hydrogens (primary N) is 1. The fourth-order valence-corrected chi connectivity index (χ4v) is 2.04. The highest BCUT2D eigenvalue weighted by atomic mass is 16.4. The van der Waals surface area contributed by atoms with Gasteiger partial charge in [-0.3, -0.25) is 9.59 Å². The summed E-state index contributed by atoms with van der Waals surface area (Å²) in [6.07, 6.45) is 1.41. The molecule has 1 unspecified atom stereocenters. The number of oxime groups is 1. The summed E-state index contributed by atoms with van der Waals surface area (Å²) in [4.78, 5) is 25.5.